The predicted molar refractivity (Wildman–Crippen MR) is 128 cm³/mol. The fourth-order valence-electron chi connectivity index (χ4n) is 3.44. The Labute approximate surface area is 189 Å². The molecule has 0 radical (unpaired) electrons. The zero-order valence-corrected chi connectivity index (χ0v) is 19.2. The Morgan fingerprint density at radius 3 is 2.58 bits per heavy atom. The van der Waals surface area contributed by atoms with Crippen LogP contribution in [-0.4, -0.2) is 20.7 Å². The van der Waals surface area contributed by atoms with Crippen molar-refractivity contribution in [3.63, 3.8) is 0 Å². The number of benzene rings is 2. The molecule has 0 aliphatic rings. The fourth-order valence-corrected chi connectivity index (χ4v) is 5.04. The van der Waals surface area contributed by atoms with Gasteiger partial charge in [0.2, 0.25) is 5.91 Å². The average Bonchev–Trinajstić information content (AvgIpc) is 3.25. The zero-order valence-electron chi connectivity index (χ0n) is 17.6. The molecule has 4 aromatic rings. The standard InChI is InChI=1S/C24H23N3O2S2/c1-15-11-16(2)13-18(12-15)27-23(29)20-8-4-5-9-21(20)26-24(27)31-17(3)22(28)25-14-19-7-6-10-30-19/h4-13,17H,14H2,1-3H3,(H,25,28). The molecule has 0 spiro atoms. The normalized spacial score (nSPS) is 12.1. The van der Waals surface area contributed by atoms with Crippen LogP contribution in [0.2, 0.25) is 0 Å². The van der Waals surface area contributed by atoms with Crippen molar-refractivity contribution in [2.75, 3.05) is 0 Å². The molecule has 0 bridgehead atoms. The number of para-hydroxylation sites is 1. The summed E-state index contributed by atoms with van der Waals surface area (Å²) in [5.41, 5.74) is 3.38. The molecule has 1 unspecified atom stereocenters. The van der Waals surface area contributed by atoms with Crippen LogP contribution in [0.15, 0.2) is 69.9 Å². The van der Waals surface area contributed by atoms with E-state index in [-0.39, 0.29) is 11.5 Å². The highest BCUT2D eigenvalue weighted by molar-refractivity contribution is 8.00. The van der Waals surface area contributed by atoms with Crippen LogP contribution < -0.4 is 10.9 Å². The van der Waals surface area contributed by atoms with E-state index in [1.165, 1.54) is 11.8 Å². The molecular weight excluding hydrogens is 426 g/mol. The lowest BCUT2D eigenvalue weighted by Crippen LogP contribution is -2.31. The second-order valence-electron chi connectivity index (χ2n) is 7.46. The first kappa shape index (κ1) is 21.3. The van der Waals surface area contributed by atoms with Crippen molar-refractivity contribution in [1.29, 1.82) is 0 Å². The van der Waals surface area contributed by atoms with Crippen LogP contribution in [0.25, 0.3) is 16.6 Å². The smallest absolute Gasteiger partial charge is 0.266 e. The van der Waals surface area contributed by atoms with Crippen molar-refractivity contribution < 1.29 is 4.79 Å². The highest BCUT2D eigenvalue weighted by Gasteiger charge is 2.20. The average molecular weight is 450 g/mol. The number of thioether (sulfide) groups is 1. The van der Waals surface area contributed by atoms with Crippen molar-refractivity contribution in [2.24, 2.45) is 0 Å². The quantitative estimate of drug-likeness (QED) is 0.337. The number of thiophene rings is 1. The molecular formula is C24H23N3O2S2. The first-order valence-corrected chi connectivity index (χ1v) is 11.8. The van der Waals surface area contributed by atoms with Gasteiger partial charge in [-0.15, -0.1) is 11.3 Å². The van der Waals surface area contributed by atoms with Crippen LogP contribution in [0.4, 0.5) is 0 Å². The van der Waals surface area contributed by atoms with Gasteiger partial charge < -0.3 is 5.32 Å². The van der Waals surface area contributed by atoms with Crippen molar-refractivity contribution in [3.05, 3.63) is 86.3 Å². The molecule has 1 atom stereocenters. The number of nitrogens with one attached hydrogen (secondary N) is 1. The van der Waals surface area contributed by atoms with E-state index in [2.05, 4.69) is 11.4 Å². The number of hydrogen-bond acceptors (Lipinski definition) is 5. The highest BCUT2D eigenvalue weighted by Crippen LogP contribution is 2.26. The molecule has 0 saturated heterocycles. The molecule has 158 valence electrons. The van der Waals surface area contributed by atoms with Gasteiger partial charge in [0, 0.05) is 4.88 Å². The maximum atomic E-state index is 13.4. The minimum atomic E-state index is -0.412. The van der Waals surface area contributed by atoms with E-state index in [1.807, 2.05) is 68.6 Å². The van der Waals surface area contributed by atoms with E-state index in [0.717, 1.165) is 21.7 Å². The molecule has 7 heteroatoms. The Bertz CT molecular complexity index is 1280. The lowest BCUT2D eigenvalue weighted by molar-refractivity contribution is -0.120. The minimum Gasteiger partial charge on any atom is -0.350 e. The molecule has 0 saturated carbocycles. The van der Waals surface area contributed by atoms with Crippen molar-refractivity contribution in [2.45, 2.75) is 37.7 Å². The third kappa shape index (κ3) is 4.73. The predicted octanol–water partition coefficient (Wildman–Crippen LogP) is 4.86. The monoisotopic (exact) mass is 449 g/mol. The van der Waals surface area contributed by atoms with E-state index >= 15 is 0 Å². The second kappa shape index (κ2) is 9.08. The molecule has 2 heterocycles. The molecule has 1 N–H and O–H groups in total. The van der Waals surface area contributed by atoms with Crippen LogP contribution in [0, 0.1) is 13.8 Å². The number of carbonyl (C=O) groups excluding carboxylic acids is 1. The Morgan fingerprint density at radius 1 is 1.13 bits per heavy atom. The summed E-state index contributed by atoms with van der Waals surface area (Å²) in [6.07, 6.45) is 0. The number of amides is 1. The third-order valence-corrected chi connectivity index (χ3v) is 6.81. The maximum Gasteiger partial charge on any atom is 0.266 e. The van der Waals surface area contributed by atoms with Gasteiger partial charge >= 0.3 is 0 Å². The Hall–Kier alpha value is -2.90. The molecule has 0 aliphatic heterocycles. The van der Waals surface area contributed by atoms with E-state index in [0.29, 0.717) is 22.6 Å². The zero-order chi connectivity index (χ0) is 22.0. The van der Waals surface area contributed by atoms with Crippen LogP contribution in [0.3, 0.4) is 0 Å². The highest BCUT2D eigenvalue weighted by atomic mass is 32.2. The van der Waals surface area contributed by atoms with Gasteiger partial charge in [-0.25, -0.2) is 4.98 Å². The van der Waals surface area contributed by atoms with Gasteiger partial charge in [0.15, 0.2) is 5.16 Å². The molecule has 0 fully saturated rings. The summed E-state index contributed by atoms with van der Waals surface area (Å²) in [5, 5.41) is 5.61. The number of rotatable bonds is 6. The van der Waals surface area contributed by atoms with Crippen LogP contribution in [0.1, 0.15) is 22.9 Å². The first-order valence-electron chi connectivity index (χ1n) is 9.99. The molecule has 4 rings (SSSR count). The number of carbonyl (C=O) groups is 1. The molecule has 5 nitrogen and oxygen atoms in total. The number of aryl methyl sites for hydroxylation is 2. The number of nitrogens with zero attached hydrogens (tertiary/aromatic N) is 2. The number of aromatic nitrogens is 2. The lowest BCUT2D eigenvalue weighted by atomic mass is 10.1. The van der Waals surface area contributed by atoms with Crippen molar-refractivity contribution in [1.82, 2.24) is 14.9 Å². The summed E-state index contributed by atoms with van der Waals surface area (Å²) in [6.45, 7) is 6.34. The fraction of sp³-hybridized carbons (Fsp3) is 0.208. The van der Waals surface area contributed by atoms with Gasteiger partial charge in [0.05, 0.1) is 28.4 Å². The molecule has 0 aliphatic carbocycles. The molecule has 2 aromatic carbocycles. The van der Waals surface area contributed by atoms with E-state index in [9.17, 15) is 9.59 Å². The minimum absolute atomic E-state index is 0.0900. The van der Waals surface area contributed by atoms with Crippen molar-refractivity contribution in [3.8, 4) is 5.69 Å². The third-order valence-electron chi connectivity index (χ3n) is 4.88. The Balaban J connectivity index is 1.72. The summed E-state index contributed by atoms with van der Waals surface area (Å²) >= 11 is 2.90. The lowest BCUT2D eigenvalue weighted by Gasteiger charge is -2.17. The van der Waals surface area contributed by atoms with Gasteiger partial charge in [-0.1, -0.05) is 36.0 Å². The topological polar surface area (TPSA) is 64.0 Å². The maximum absolute atomic E-state index is 13.4. The van der Waals surface area contributed by atoms with Gasteiger partial charge in [0.25, 0.3) is 5.56 Å². The Morgan fingerprint density at radius 2 is 1.87 bits per heavy atom. The second-order valence-corrected chi connectivity index (χ2v) is 9.80. The summed E-state index contributed by atoms with van der Waals surface area (Å²) in [7, 11) is 0. The van der Waals surface area contributed by atoms with Gasteiger partial charge in [-0.3, -0.25) is 14.2 Å². The summed E-state index contributed by atoms with van der Waals surface area (Å²) < 4.78 is 1.62. The van der Waals surface area contributed by atoms with Crippen molar-refractivity contribution >= 4 is 39.9 Å². The van der Waals surface area contributed by atoms with Crippen LogP contribution >= 0.6 is 23.1 Å². The van der Waals surface area contributed by atoms with Gasteiger partial charge in [-0.2, -0.15) is 0 Å². The first-order chi connectivity index (χ1) is 14.9. The van der Waals surface area contributed by atoms with E-state index < -0.39 is 5.25 Å². The van der Waals surface area contributed by atoms with E-state index in [1.54, 1.807) is 22.0 Å². The Kier molecular flexibility index (Phi) is 6.25. The molecule has 31 heavy (non-hydrogen) atoms. The van der Waals surface area contributed by atoms with E-state index in [4.69, 9.17) is 4.98 Å². The summed E-state index contributed by atoms with van der Waals surface area (Å²) in [6, 6.07) is 17.3. The van der Waals surface area contributed by atoms with Gasteiger partial charge in [0.1, 0.15) is 0 Å². The van der Waals surface area contributed by atoms with Crippen LogP contribution in [-0.2, 0) is 11.3 Å². The van der Waals surface area contributed by atoms with Gasteiger partial charge in [-0.05, 0) is 67.6 Å². The van der Waals surface area contributed by atoms with Crippen LogP contribution in [0.5, 0.6) is 0 Å². The SMILES string of the molecule is Cc1cc(C)cc(-n2c(SC(C)C(=O)NCc3cccs3)nc3ccccc3c2=O)c1. The largest absolute Gasteiger partial charge is 0.350 e. The molecule has 2 aromatic heterocycles. The number of hydrogen-bond donors (Lipinski definition) is 1. The number of fused-ring (bicyclic) bond motifs is 1. The molecule has 1 amide bonds. The summed E-state index contributed by atoms with van der Waals surface area (Å²) in [4.78, 5) is 32.0. The summed E-state index contributed by atoms with van der Waals surface area (Å²) in [5.74, 6) is -0.0900.